The monoisotopic (exact) mass is 313 g/mol. The van der Waals surface area contributed by atoms with Crippen LogP contribution in [-0.2, 0) is 4.79 Å². The molecular weight excluding hydrogens is 298 g/mol. The summed E-state index contributed by atoms with van der Waals surface area (Å²) < 4.78 is 16.2. The number of hydrogen-bond donors (Lipinski definition) is 1. The maximum atomic E-state index is 11.8. The number of hydrogen-bond acceptors (Lipinski definition) is 6. The van der Waals surface area contributed by atoms with Crippen LogP contribution in [0, 0.1) is 13.8 Å². The maximum Gasteiger partial charge on any atom is 0.322 e. The molecule has 0 fully saturated rings. The number of benzene rings is 1. The van der Waals surface area contributed by atoms with Crippen molar-refractivity contribution < 1.29 is 18.4 Å². The first-order chi connectivity index (χ1) is 11.1. The number of carbonyl (C=O) groups excluding carboxylic acids is 1. The third kappa shape index (κ3) is 3.57. The third-order valence-corrected chi connectivity index (χ3v) is 3.06. The lowest BCUT2D eigenvalue weighted by atomic mass is 10.2. The number of nitrogens with zero attached hydrogens (tertiary/aromatic N) is 2. The van der Waals surface area contributed by atoms with Crippen LogP contribution in [0.3, 0.4) is 0 Å². The van der Waals surface area contributed by atoms with E-state index in [4.69, 9.17) is 13.6 Å². The van der Waals surface area contributed by atoms with Gasteiger partial charge in [-0.25, -0.2) is 0 Å². The van der Waals surface area contributed by atoms with Crippen molar-refractivity contribution in [3.05, 3.63) is 47.9 Å². The van der Waals surface area contributed by atoms with E-state index in [2.05, 4.69) is 15.5 Å². The van der Waals surface area contributed by atoms with Crippen LogP contribution in [0.1, 0.15) is 11.5 Å². The number of para-hydroxylation sites is 1. The molecule has 23 heavy (non-hydrogen) atoms. The van der Waals surface area contributed by atoms with Gasteiger partial charge in [0.25, 0.3) is 11.8 Å². The molecule has 3 rings (SSSR count). The fourth-order valence-electron chi connectivity index (χ4n) is 2.05. The summed E-state index contributed by atoms with van der Waals surface area (Å²) in [6.07, 6.45) is 0. The van der Waals surface area contributed by atoms with Crippen molar-refractivity contribution in [1.29, 1.82) is 0 Å². The summed E-state index contributed by atoms with van der Waals surface area (Å²) in [5.74, 6) is 1.94. The highest BCUT2D eigenvalue weighted by atomic mass is 16.5. The quantitative estimate of drug-likeness (QED) is 0.778. The van der Waals surface area contributed by atoms with E-state index in [0.29, 0.717) is 23.0 Å². The Hall–Kier alpha value is -3.09. The van der Waals surface area contributed by atoms with Crippen molar-refractivity contribution in [1.82, 2.24) is 10.2 Å². The molecule has 1 aromatic carbocycles. The third-order valence-electron chi connectivity index (χ3n) is 3.06. The van der Waals surface area contributed by atoms with Crippen molar-refractivity contribution in [3.63, 3.8) is 0 Å². The van der Waals surface area contributed by atoms with Gasteiger partial charge in [0.1, 0.15) is 17.3 Å². The van der Waals surface area contributed by atoms with E-state index in [1.807, 2.05) is 25.1 Å². The Labute approximate surface area is 132 Å². The standard InChI is InChI=1S/C16H15N3O4/c1-10-8-13(11(2)22-10)15-18-19-16(23-15)17-14(20)9-21-12-6-4-3-5-7-12/h3-8H,9H2,1-2H3,(H,17,19,20). The van der Waals surface area contributed by atoms with Crippen LogP contribution in [0.5, 0.6) is 5.75 Å². The van der Waals surface area contributed by atoms with Gasteiger partial charge in [0, 0.05) is 0 Å². The van der Waals surface area contributed by atoms with Crippen molar-refractivity contribution in [3.8, 4) is 17.2 Å². The van der Waals surface area contributed by atoms with E-state index in [9.17, 15) is 4.79 Å². The van der Waals surface area contributed by atoms with Crippen LogP contribution in [0.4, 0.5) is 6.01 Å². The van der Waals surface area contributed by atoms with Gasteiger partial charge < -0.3 is 13.6 Å². The van der Waals surface area contributed by atoms with E-state index in [0.717, 1.165) is 5.76 Å². The first-order valence-electron chi connectivity index (χ1n) is 7.00. The van der Waals surface area contributed by atoms with Gasteiger partial charge in [0.2, 0.25) is 0 Å². The number of aromatic nitrogens is 2. The van der Waals surface area contributed by atoms with Crippen LogP contribution < -0.4 is 10.1 Å². The van der Waals surface area contributed by atoms with E-state index >= 15 is 0 Å². The molecule has 3 aromatic rings. The zero-order chi connectivity index (χ0) is 16.2. The van der Waals surface area contributed by atoms with Crippen LogP contribution in [0.2, 0.25) is 0 Å². The summed E-state index contributed by atoms with van der Waals surface area (Å²) in [6, 6.07) is 10.9. The highest BCUT2D eigenvalue weighted by Crippen LogP contribution is 2.26. The first-order valence-corrected chi connectivity index (χ1v) is 7.00. The number of ether oxygens (including phenoxy) is 1. The maximum absolute atomic E-state index is 11.8. The number of nitrogens with one attached hydrogen (secondary N) is 1. The smallest absolute Gasteiger partial charge is 0.322 e. The number of carbonyl (C=O) groups is 1. The summed E-state index contributed by atoms with van der Waals surface area (Å²) in [5, 5.41) is 10.2. The lowest BCUT2D eigenvalue weighted by Crippen LogP contribution is -2.20. The molecule has 0 saturated heterocycles. The summed E-state index contributed by atoms with van der Waals surface area (Å²) >= 11 is 0. The van der Waals surface area contributed by atoms with Gasteiger partial charge in [0.15, 0.2) is 6.61 Å². The Bertz CT molecular complexity index is 808. The van der Waals surface area contributed by atoms with Crippen molar-refractivity contribution in [2.45, 2.75) is 13.8 Å². The highest BCUT2D eigenvalue weighted by molar-refractivity contribution is 5.89. The molecule has 1 amide bonds. The molecule has 7 nitrogen and oxygen atoms in total. The fourth-order valence-corrected chi connectivity index (χ4v) is 2.05. The second kappa shape index (κ2) is 6.35. The van der Waals surface area contributed by atoms with E-state index in [-0.39, 0.29) is 18.5 Å². The minimum absolute atomic E-state index is 0.0138. The second-order valence-electron chi connectivity index (χ2n) is 4.89. The van der Waals surface area contributed by atoms with E-state index < -0.39 is 0 Å². The minimum atomic E-state index is -0.385. The molecule has 0 aliphatic heterocycles. The molecule has 0 spiro atoms. The lowest BCUT2D eigenvalue weighted by Gasteiger charge is -2.04. The molecule has 2 aromatic heterocycles. The van der Waals surface area contributed by atoms with Crippen LogP contribution in [-0.4, -0.2) is 22.7 Å². The largest absolute Gasteiger partial charge is 0.484 e. The van der Waals surface area contributed by atoms with Gasteiger partial charge in [-0.2, -0.15) is 0 Å². The predicted octanol–water partition coefficient (Wildman–Crippen LogP) is 2.96. The Morgan fingerprint density at radius 3 is 2.65 bits per heavy atom. The van der Waals surface area contributed by atoms with Crippen LogP contribution in [0.25, 0.3) is 11.5 Å². The summed E-state index contributed by atoms with van der Waals surface area (Å²) in [5.41, 5.74) is 0.705. The Balaban J connectivity index is 1.60. The molecule has 0 atom stereocenters. The number of aryl methyl sites for hydroxylation is 2. The van der Waals surface area contributed by atoms with Crippen LogP contribution in [0.15, 0.2) is 45.2 Å². The normalized spacial score (nSPS) is 10.5. The highest BCUT2D eigenvalue weighted by Gasteiger charge is 2.16. The Kier molecular flexibility index (Phi) is 4.09. The zero-order valence-electron chi connectivity index (χ0n) is 12.7. The van der Waals surface area contributed by atoms with Gasteiger partial charge in [-0.05, 0) is 32.0 Å². The molecule has 0 radical (unpaired) electrons. The molecule has 0 saturated carbocycles. The predicted molar refractivity (Wildman–Crippen MR) is 82.0 cm³/mol. The number of furan rings is 1. The summed E-state index contributed by atoms with van der Waals surface area (Å²) in [6.45, 7) is 3.49. The Morgan fingerprint density at radius 2 is 1.96 bits per heavy atom. The average molecular weight is 313 g/mol. The van der Waals surface area contributed by atoms with E-state index in [1.165, 1.54) is 0 Å². The first kappa shape index (κ1) is 14.8. The molecule has 0 aliphatic rings. The topological polar surface area (TPSA) is 90.4 Å². The number of amides is 1. The summed E-state index contributed by atoms with van der Waals surface area (Å²) in [4.78, 5) is 11.8. The summed E-state index contributed by atoms with van der Waals surface area (Å²) in [7, 11) is 0. The van der Waals surface area contributed by atoms with Crippen molar-refractivity contribution in [2.24, 2.45) is 0 Å². The minimum Gasteiger partial charge on any atom is -0.484 e. The van der Waals surface area contributed by atoms with E-state index in [1.54, 1.807) is 25.1 Å². The van der Waals surface area contributed by atoms with Gasteiger partial charge in [-0.3, -0.25) is 10.1 Å². The molecule has 0 unspecified atom stereocenters. The molecule has 7 heteroatoms. The van der Waals surface area contributed by atoms with Gasteiger partial charge >= 0.3 is 6.01 Å². The molecule has 0 aliphatic carbocycles. The van der Waals surface area contributed by atoms with Crippen LogP contribution >= 0.6 is 0 Å². The molecule has 2 heterocycles. The average Bonchev–Trinajstić information content (AvgIpc) is 3.12. The van der Waals surface area contributed by atoms with Gasteiger partial charge in [-0.1, -0.05) is 23.3 Å². The van der Waals surface area contributed by atoms with Gasteiger partial charge in [0.05, 0.1) is 5.56 Å². The SMILES string of the molecule is Cc1cc(-c2nnc(NC(=O)COc3ccccc3)o2)c(C)o1. The fraction of sp³-hybridized carbons (Fsp3) is 0.188. The Morgan fingerprint density at radius 1 is 1.17 bits per heavy atom. The number of anilines is 1. The second-order valence-corrected chi connectivity index (χ2v) is 4.89. The zero-order valence-corrected chi connectivity index (χ0v) is 12.7. The molecule has 1 N–H and O–H groups in total. The molecule has 0 bridgehead atoms. The van der Waals surface area contributed by atoms with Gasteiger partial charge in [-0.15, -0.1) is 5.10 Å². The van der Waals surface area contributed by atoms with Crippen molar-refractivity contribution in [2.75, 3.05) is 11.9 Å². The molecular formula is C16H15N3O4. The molecule has 118 valence electrons. The lowest BCUT2D eigenvalue weighted by molar-refractivity contribution is -0.118. The van der Waals surface area contributed by atoms with Crippen molar-refractivity contribution >= 4 is 11.9 Å². The number of rotatable bonds is 5.